The lowest BCUT2D eigenvalue weighted by Crippen LogP contribution is -2.38. The van der Waals surface area contributed by atoms with Crippen molar-refractivity contribution in [1.82, 2.24) is 0 Å². The molecule has 1 aromatic carbocycles. The van der Waals surface area contributed by atoms with Crippen LogP contribution < -0.4 is 4.90 Å². The molecule has 6 nitrogen and oxygen atoms in total. The van der Waals surface area contributed by atoms with E-state index in [0.717, 1.165) is 19.3 Å². The Labute approximate surface area is 131 Å². The number of hydrogen-bond acceptors (Lipinski definition) is 5. The molecule has 1 fully saturated rings. The molecule has 21 heavy (non-hydrogen) atoms. The Morgan fingerprint density at radius 1 is 1.48 bits per heavy atom. The van der Waals surface area contributed by atoms with E-state index < -0.39 is 10.9 Å². The average molecular weight is 357 g/mol. The van der Waals surface area contributed by atoms with E-state index in [2.05, 4.69) is 15.9 Å². The van der Waals surface area contributed by atoms with Crippen molar-refractivity contribution in [2.24, 2.45) is 0 Å². The van der Waals surface area contributed by atoms with Gasteiger partial charge in [-0.05, 0) is 32.3 Å². The number of ether oxygens (including phenoxy) is 1. The van der Waals surface area contributed by atoms with Crippen LogP contribution in [0.5, 0.6) is 0 Å². The second-order valence-electron chi connectivity index (χ2n) is 5.11. The number of nitro benzene ring substituents is 1. The lowest BCUT2D eigenvalue weighted by molar-refractivity contribution is -0.384. The van der Waals surface area contributed by atoms with Gasteiger partial charge in [-0.15, -0.1) is 0 Å². The third-order valence-electron chi connectivity index (χ3n) is 3.75. The second kappa shape index (κ2) is 6.43. The van der Waals surface area contributed by atoms with Crippen LogP contribution in [0.3, 0.4) is 0 Å². The van der Waals surface area contributed by atoms with Gasteiger partial charge in [0.2, 0.25) is 0 Å². The van der Waals surface area contributed by atoms with Crippen LogP contribution in [0.4, 0.5) is 11.4 Å². The van der Waals surface area contributed by atoms with Crippen molar-refractivity contribution in [3.63, 3.8) is 0 Å². The average Bonchev–Trinajstić information content (AvgIpc) is 2.46. The monoisotopic (exact) mass is 356 g/mol. The standard InChI is InChI=1S/C14H17BrN2O4/c1-9-5-3-4-6-16(9)13-11(14(18)21-2)7-10(15)8-12(13)17(19)20/h7-9H,3-6H2,1-2H3. The van der Waals surface area contributed by atoms with Gasteiger partial charge in [0.25, 0.3) is 5.69 Å². The molecule has 1 aromatic rings. The van der Waals surface area contributed by atoms with Crippen molar-refractivity contribution in [3.05, 3.63) is 32.3 Å². The van der Waals surface area contributed by atoms with E-state index in [0.29, 0.717) is 16.7 Å². The summed E-state index contributed by atoms with van der Waals surface area (Å²) in [6.45, 7) is 2.72. The van der Waals surface area contributed by atoms with E-state index in [4.69, 9.17) is 4.74 Å². The van der Waals surface area contributed by atoms with Crippen molar-refractivity contribution < 1.29 is 14.5 Å². The zero-order valence-corrected chi connectivity index (χ0v) is 13.6. The summed E-state index contributed by atoms with van der Waals surface area (Å²) in [5.74, 6) is -0.563. The van der Waals surface area contributed by atoms with Crippen molar-refractivity contribution in [2.75, 3.05) is 18.6 Å². The summed E-state index contributed by atoms with van der Waals surface area (Å²) in [5.41, 5.74) is 0.521. The topological polar surface area (TPSA) is 72.7 Å². The van der Waals surface area contributed by atoms with Gasteiger partial charge in [-0.2, -0.15) is 0 Å². The van der Waals surface area contributed by atoms with Crippen LogP contribution in [0, 0.1) is 10.1 Å². The van der Waals surface area contributed by atoms with Gasteiger partial charge in [-0.25, -0.2) is 4.79 Å². The Bertz CT molecular complexity index is 576. The van der Waals surface area contributed by atoms with Crippen LogP contribution >= 0.6 is 15.9 Å². The van der Waals surface area contributed by atoms with Gasteiger partial charge in [-0.3, -0.25) is 10.1 Å². The Morgan fingerprint density at radius 3 is 2.76 bits per heavy atom. The molecule has 7 heteroatoms. The highest BCUT2D eigenvalue weighted by molar-refractivity contribution is 9.10. The minimum absolute atomic E-state index is 0.0708. The van der Waals surface area contributed by atoms with Crippen LogP contribution in [0.15, 0.2) is 16.6 Å². The summed E-state index contributed by atoms with van der Waals surface area (Å²) in [4.78, 5) is 24.9. The number of anilines is 1. The third-order valence-corrected chi connectivity index (χ3v) is 4.20. The Kier molecular flexibility index (Phi) is 4.82. The van der Waals surface area contributed by atoms with Crippen molar-refractivity contribution >= 4 is 33.3 Å². The maximum absolute atomic E-state index is 12.0. The molecule has 1 aliphatic heterocycles. The number of rotatable bonds is 3. The minimum atomic E-state index is -0.563. The number of nitrogens with zero attached hydrogens (tertiary/aromatic N) is 2. The van der Waals surface area contributed by atoms with Gasteiger partial charge >= 0.3 is 5.97 Å². The van der Waals surface area contributed by atoms with E-state index in [9.17, 15) is 14.9 Å². The normalized spacial score (nSPS) is 18.4. The summed E-state index contributed by atoms with van der Waals surface area (Å²) < 4.78 is 5.27. The highest BCUT2D eigenvalue weighted by Crippen LogP contribution is 2.38. The predicted octanol–water partition coefficient (Wildman–Crippen LogP) is 3.52. The van der Waals surface area contributed by atoms with Gasteiger partial charge in [0, 0.05) is 23.1 Å². The lowest BCUT2D eigenvalue weighted by atomic mass is 10.00. The zero-order chi connectivity index (χ0) is 15.6. The van der Waals surface area contributed by atoms with Gasteiger partial charge < -0.3 is 9.64 Å². The number of esters is 1. The van der Waals surface area contributed by atoms with Crippen molar-refractivity contribution in [3.8, 4) is 0 Å². The van der Waals surface area contributed by atoms with E-state index in [1.165, 1.54) is 13.2 Å². The smallest absolute Gasteiger partial charge is 0.340 e. The largest absolute Gasteiger partial charge is 0.465 e. The number of benzene rings is 1. The summed E-state index contributed by atoms with van der Waals surface area (Å²) in [5, 5.41) is 11.4. The molecule has 0 spiro atoms. The summed E-state index contributed by atoms with van der Waals surface area (Å²) in [7, 11) is 1.28. The molecular weight excluding hydrogens is 340 g/mol. The predicted molar refractivity (Wildman–Crippen MR) is 82.8 cm³/mol. The Hall–Kier alpha value is -1.63. The molecule has 0 aromatic heterocycles. The lowest BCUT2D eigenvalue weighted by Gasteiger charge is -2.35. The maximum atomic E-state index is 12.0. The first-order valence-electron chi connectivity index (χ1n) is 6.78. The summed E-state index contributed by atoms with van der Waals surface area (Å²) in [6, 6.07) is 3.17. The number of carbonyl (C=O) groups excluding carboxylic acids is 1. The fourth-order valence-electron chi connectivity index (χ4n) is 2.72. The van der Waals surface area contributed by atoms with Crippen LogP contribution in [0.1, 0.15) is 36.5 Å². The number of piperidine rings is 1. The molecule has 0 bridgehead atoms. The first-order valence-corrected chi connectivity index (χ1v) is 7.58. The minimum Gasteiger partial charge on any atom is -0.465 e. The number of halogens is 1. The molecular formula is C14H17BrN2O4. The van der Waals surface area contributed by atoms with Crippen LogP contribution in [-0.2, 0) is 4.74 Å². The molecule has 0 aliphatic carbocycles. The van der Waals surface area contributed by atoms with Crippen LogP contribution in [0.2, 0.25) is 0 Å². The number of carbonyl (C=O) groups is 1. The molecule has 0 N–H and O–H groups in total. The van der Waals surface area contributed by atoms with Crippen LogP contribution in [0.25, 0.3) is 0 Å². The van der Waals surface area contributed by atoms with Gasteiger partial charge in [-0.1, -0.05) is 15.9 Å². The molecule has 0 amide bonds. The van der Waals surface area contributed by atoms with E-state index >= 15 is 0 Å². The van der Waals surface area contributed by atoms with Crippen molar-refractivity contribution in [2.45, 2.75) is 32.2 Å². The number of hydrogen-bond donors (Lipinski definition) is 0. The van der Waals surface area contributed by atoms with E-state index in [1.54, 1.807) is 6.07 Å². The zero-order valence-electron chi connectivity index (χ0n) is 12.0. The molecule has 1 atom stereocenters. The summed E-state index contributed by atoms with van der Waals surface area (Å²) >= 11 is 3.22. The highest BCUT2D eigenvalue weighted by atomic mass is 79.9. The first-order chi connectivity index (χ1) is 9.95. The fraction of sp³-hybridized carbons (Fsp3) is 0.500. The van der Waals surface area contributed by atoms with Crippen molar-refractivity contribution in [1.29, 1.82) is 0 Å². The van der Waals surface area contributed by atoms with Gasteiger partial charge in [0.15, 0.2) is 0 Å². The first kappa shape index (κ1) is 15.8. The molecule has 1 saturated heterocycles. The molecule has 1 aliphatic rings. The summed E-state index contributed by atoms with van der Waals surface area (Å²) in [6.07, 6.45) is 3.00. The van der Waals surface area contributed by atoms with E-state index in [1.807, 2.05) is 11.8 Å². The highest BCUT2D eigenvalue weighted by Gasteiger charge is 2.31. The SMILES string of the molecule is COC(=O)c1cc(Br)cc([N+](=O)[O-])c1N1CCCCC1C. The van der Waals surface area contributed by atoms with E-state index in [-0.39, 0.29) is 17.3 Å². The molecule has 1 unspecified atom stereocenters. The molecule has 0 saturated carbocycles. The number of nitro groups is 1. The quantitative estimate of drug-likeness (QED) is 0.470. The Balaban J connectivity index is 2.64. The van der Waals surface area contributed by atoms with Gasteiger partial charge in [0.05, 0.1) is 17.6 Å². The van der Waals surface area contributed by atoms with Gasteiger partial charge in [0.1, 0.15) is 5.69 Å². The van der Waals surface area contributed by atoms with Crippen LogP contribution in [-0.4, -0.2) is 30.6 Å². The fourth-order valence-corrected chi connectivity index (χ4v) is 3.17. The maximum Gasteiger partial charge on any atom is 0.340 e. The third kappa shape index (κ3) is 3.18. The molecule has 2 rings (SSSR count). The molecule has 0 radical (unpaired) electrons. The second-order valence-corrected chi connectivity index (χ2v) is 6.02. The Morgan fingerprint density at radius 2 is 2.19 bits per heavy atom. The number of methoxy groups -OCH3 is 1. The molecule has 1 heterocycles. The molecule has 114 valence electrons.